The van der Waals surface area contributed by atoms with Crippen LogP contribution >= 0.6 is 0 Å². The van der Waals surface area contributed by atoms with Crippen molar-refractivity contribution < 1.29 is 23.9 Å². The quantitative estimate of drug-likeness (QED) is 0.426. The number of amides is 4. The van der Waals surface area contributed by atoms with Gasteiger partial charge in [-0.15, -0.1) is 0 Å². The molecule has 1 saturated carbocycles. The first-order valence-electron chi connectivity index (χ1n) is 7.49. The van der Waals surface area contributed by atoms with Crippen LogP contribution in [0.15, 0.2) is 24.3 Å². The molecule has 24 heavy (non-hydrogen) atoms. The summed E-state index contributed by atoms with van der Waals surface area (Å²) in [5.74, 6) is -2.42. The number of hydrogen-bond acceptors (Lipinski definition) is 5. The van der Waals surface area contributed by atoms with Crippen molar-refractivity contribution in [1.29, 1.82) is 0 Å². The van der Waals surface area contributed by atoms with Gasteiger partial charge in [0.1, 0.15) is 5.75 Å². The zero-order valence-electron chi connectivity index (χ0n) is 12.6. The molecule has 2 aliphatic rings. The molecule has 0 saturated heterocycles. The number of anilines is 1. The lowest BCUT2D eigenvalue weighted by Crippen LogP contribution is -2.50. The lowest BCUT2D eigenvalue weighted by Gasteiger charge is -2.25. The molecule has 0 bridgehead atoms. The minimum Gasteiger partial charge on any atom is -0.478 e. The summed E-state index contributed by atoms with van der Waals surface area (Å²) in [6.45, 7) is 0. The van der Waals surface area contributed by atoms with Gasteiger partial charge in [0.05, 0.1) is 12.1 Å². The Balaban J connectivity index is 1.47. The highest BCUT2D eigenvalue weighted by Gasteiger charge is 2.30. The number of hydrazine groups is 1. The Bertz CT molecular complexity index is 701. The van der Waals surface area contributed by atoms with E-state index in [9.17, 15) is 19.2 Å². The molecule has 1 aromatic carbocycles. The van der Waals surface area contributed by atoms with E-state index in [1.165, 1.54) is 0 Å². The van der Waals surface area contributed by atoms with Crippen LogP contribution < -0.4 is 26.2 Å². The molecule has 1 aliphatic carbocycles. The highest BCUT2D eigenvalue weighted by atomic mass is 16.5. The normalized spacial score (nSPS) is 18.5. The highest BCUT2D eigenvalue weighted by molar-refractivity contribution is 6.35. The molecule has 4 N–H and O–H groups in total. The third-order valence-electron chi connectivity index (χ3n) is 3.51. The second-order valence-electron chi connectivity index (χ2n) is 5.55. The van der Waals surface area contributed by atoms with Gasteiger partial charge in [0.15, 0.2) is 6.10 Å². The van der Waals surface area contributed by atoms with Gasteiger partial charge in [-0.05, 0) is 25.0 Å². The van der Waals surface area contributed by atoms with E-state index in [1.54, 1.807) is 24.3 Å². The Morgan fingerprint density at radius 2 is 1.88 bits per heavy atom. The summed E-state index contributed by atoms with van der Waals surface area (Å²) in [6.07, 6.45) is 0.379. The van der Waals surface area contributed by atoms with Crippen molar-refractivity contribution >= 4 is 29.3 Å². The molecule has 0 aromatic heterocycles. The number of carbonyl (C=O) groups excluding carboxylic acids is 4. The SMILES string of the molecule is O=C(C[C@@H]1Oc2ccccc2NC1=O)NNC(=O)C(=O)NC1CC1. The van der Waals surface area contributed by atoms with Crippen LogP contribution in [0.2, 0.25) is 0 Å². The zero-order chi connectivity index (χ0) is 17.1. The summed E-state index contributed by atoms with van der Waals surface area (Å²) < 4.78 is 5.47. The molecule has 1 aromatic rings. The fraction of sp³-hybridized carbons (Fsp3) is 0.333. The van der Waals surface area contributed by atoms with E-state index in [1.807, 2.05) is 5.43 Å². The van der Waals surface area contributed by atoms with Gasteiger partial charge in [0.25, 0.3) is 5.91 Å². The van der Waals surface area contributed by atoms with Crippen molar-refractivity contribution in [2.24, 2.45) is 0 Å². The fourth-order valence-electron chi connectivity index (χ4n) is 2.11. The van der Waals surface area contributed by atoms with Gasteiger partial charge in [-0.2, -0.15) is 0 Å². The van der Waals surface area contributed by atoms with E-state index in [2.05, 4.69) is 16.1 Å². The van der Waals surface area contributed by atoms with Crippen LogP contribution in [-0.4, -0.2) is 35.8 Å². The third-order valence-corrected chi connectivity index (χ3v) is 3.51. The second kappa shape index (κ2) is 6.57. The highest BCUT2D eigenvalue weighted by Crippen LogP contribution is 2.29. The number of ether oxygens (including phenoxy) is 1. The first-order chi connectivity index (χ1) is 11.5. The van der Waals surface area contributed by atoms with Crippen molar-refractivity contribution in [3.05, 3.63) is 24.3 Å². The zero-order valence-corrected chi connectivity index (χ0v) is 12.6. The maximum atomic E-state index is 11.9. The van der Waals surface area contributed by atoms with E-state index in [0.29, 0.717) is 11.4 Å². The molecule has 9 nitrogen and oxygen atoms in total. The minimum absolute atomic E-state index is 0.0401. The van der Waals surface area contributed by atoms with Gasteiger partial charge in [0.2, 0.25) is 5.91 Å². The largest absolute Gasteiger partial charge is 0.478 e. The summed E-state index contributed by atoms with van der Waals surface area (Å²) in [6, 6.07) is 6.88. The molecular formula is C15H16N4O5. The van der Waals surface area contributed by atoms with Gasteiger partial charge < -0.3 is 15.4 Å². The molecule has 1 heterocycles. The first-order valence-corrected chi connectivity index (χ1v) is 7.49. The van der Waals surface area contributed by atoms with Crippen LogP contribution in [0.4, 0.5) is 5.69 Å². The number of rotatable bonds is 3. The molecule has 1 fully saturated rings. The number of fused-ring (bicyclic) bond motifs is 1. The van der Waals surface area contributed by atoms with Gasteiger partial charge in [-0.25, -0.2) is 0 Å². The summed E-state index contributed by atoms with van der Waals surface area (Å²) in [7, 11) is 0. The Morgan fingerprint density at radius 1 is 1.12 bits per heavy atom. The van der Waals surface area contributed by atoms with E-state index >= 15 is 0 Å². The maximum absolute atomic E-state index is 11.9. The lowest BCUT2D eigenvalue weighted by atomic mass is 10.1. The van der Waals surface area contributed by atoms with Crippen LogP contribution in [0.25, 0.3) is 0 Å². The predicted octanol–water partition coefficient (Wildman–Crippen LogP) is -0.798. The summed E-state index contributed by atoms with van der Waals surface area (Å²) in [4.78, 5) is 46.6. The van der Waals surface area contributed by atoms with Gasteiger partial charge >= 0.3 is 11.8 Å². The average molecular weight is 332 g/mol. The van der Waals surface area contributed by atoms with Crippen LogP contribution in [0.3, 0.4) is 0 Å². The Labute approximate surface area is 137 Å². The topological polar surface area (TPSA) is 126 Å². The lowest BCUT2D eigenvalue weighted by molar-refractivity contribution is -0.141. The summed E-state index contributed by atoms with van der Waals surface area (Å²) >= 11 is 0. The molecule has 0 unspecified atom stereocenters. The predicted molar refractivity (Wildman–Crippen MR) is 81.6 cm³/mol. The second-order valence-corrected chi connectivity index (χ2v) is 5.55. The monoisotopic (exact) mass is 332 g/mol. The molecule has 4 amide bonds. The standard InChI is InChI=1S/C15H16N4O5/c20-12(18-19-15(23)14(22)16-8-5-6-8)7-11-13(21)17-9-3-1-2-4-10(9)24-11/h1-4,8,11H,5-7H2,(H,16,22)(H,17,21)(H,18,20)(H,19,23)/t11-/m0/s1. The Morgan fingerprint density at radius 3 is 2.62 bits per heavy atom. The van der Waals surface area contributed by atoms with Crippen molar-refractivity contribution in [3.63, 3.8) is 0 Å². The molecule has 3 rings (SSSR count). The number of benzene rings is 1. The number of nitrogens with one attached hydrogen (secondary N) is 4. The first kappa shape index (κ1) is 15.8. The van der Waals surface area contributed by atoms with Crippen molar-refractivity contribution in [3.8, 4) is 5.75 Å². The average Bonchev–Trinajstić information content (AvgIpc) is 3.37. The summed E-state index contributed by atoms with van der Waals surface area (Å²) in [5.41, 5.74) is 4.62. The Hall–Kier alpha value is -3.10. The molecule has 0 radical (unpaired) electrons. The van der Waals surface area contributed by atoms with Crippen LogP contribution in [0.1, 0.15) is 19.3 Å². The van der Waals surface area contributed by atoms with Crippen molar-refractivity contribution in [2.75, 3.05) is 5.32 Å². The number of para-hydroxylation sites is 2. The third kappa shape index (κ3) is 3.80. The molecular weight excluding hydrogens is 316 g/mol. The number of hydrogen-bond donors (Lipinski definition) is 4. The maximum Gasteiger partial charge on any atom is 0.327 e. The molecule has 0 spiro atoms. The van der Waals surface area contributed by atoms with E-state index < -0.39 is 29.7 Å². The molecule has 9 heteroatoms. The van der Waals surface area contributed by atoms with Crippen LogP contribution in [0.5, 0.6) is 5.75 Å². The minimum atomic E-state index is -1.02. The van der Waals surface area contributed by atoms with E-state index in [-0.39, 0.29) is 12.5 Å². The number of carbonyl (C=O) groups is 4. The van der Waals surface area contributed by atoms with E-state index in [4.69, 9.17) is 4.74 Å². The van der Waals surface area contributed by atoms with Gasteiger partial charge in [-0.1, -0.05) is 12.1 Å². The van der Waals surface area contributed by atoms with Crippen molar-refractivity contribution in [1.82, 2.24) is 16.2 Å². The van der Waals surface area contributed by atoms with Crippen LogP contribution in [0, 0.1) is 0 Å². The Kier molecular flexibility index (Phi) is 4.32. The molecule has 126 valence electrons. The van der Waals surface area contributed by atoms with Crippen molar-refractivity contribution in [2.45, 2.75) is 31.4 Å². The molecule has 1 aliphatic heterocycles. The van der Waals surface area contributed by atoms with Crippen LogP contribution in [-0.2, 0) is 19.2 Å². The summed E-state index contributed by atoms with van der Waals surface area (Å²) in [5, 5.41) is 5.12. The van der Waals surface area contributed by atoms with E-state index in [0.717, 1.165) is 12.8 Å². The van der Waals surface area contributed by atoms with Gasteiger partial charge in [0, 0.05) is 6.04 Å². The van der Waals surface area contributed by atoms with Gasteiger partial charge in [-0.3, -0.25) is 30.0 Å². The fourth-order valence-corrected chi connectivity index (χ4v) is 2.11. The molecule has 1 atom stereocenters. The smallest absolute Gasteiger partial charge is 0.327 e.